The predicted octanol–water partition coefficient (Wildman–Crippen LogP) is 1.65. The number of amides is 1. The Morgan fingerprint density at radius 1 is 1.19 bits per heavy atom. The fraction of sp³-hybridized carbons (Fsp3) is 0.640. The van der Waals surface area contributed by atoms with Crippen LogP contribution in [0.3, 0.4) is 0 Å². The molecule has 32 heavy (non-hydrogen) atoms. The van der Waals surface area contributed by atoms with E-state index in [0.717, 1.165) is 30.6 Å². The number of ketones is 1. The summed E-state index contributed by atoms with van der Waals surface area (Å²) in [5, 5.41) is 32.1. The van der Waals surface area contributed by atoms with E-state index in [1.54, 1.807) is 12.1 Å². The lowest BCUT2D eigenvalue weighted by Gasteiger charge is -2.66. The number of hydrogen-bond acceptors (Lipinski definition) is 6. The molecule has 2 heterocycles. The first kappa shape index (κ1) is 20.2. The molecule has 5 aliphatic rings. The van der Waals surface area contributed by atoms with E-state index in [2.05, 4.69) is 11.0 Å². The molecular weight excluding hydrogens is 406 g/mol. The fourth-order valence-electron chi connectivity index (χ4n) is 7.53. The summed E-state index contributed by atoms with van der Waals surface area (Å²) in [6.07, 6.45) is 4.86. The molecule has 0 aromatic heterocycles. The number of phenols is 1. The van der Waals surface area contributed by atoms with Crippen LogP contribution in [-0.2, 0) is 21.4 Å². The standard InChI is InChI=1S/C25H29N3O4/c26-8-10-28-22(31)13-21(30)24(28)5-6-25(32)20-11-17-3-4-18(29)12-19(17)23(25,15-24)7-9-27(20)14-16-1-2-16/h3-4,12,16,20,29,32H,1-2,5-7,9-11,13-15H2/t20-,23-,24+,25-/m1/s1. The Labute approximate surface area is 187 Å². The Hall–Kier alpha value is -2.43. The smallest absolute Gasteiger partial charge is 0.231 e. The number of hydrogen-bond donors (Lipinski definition) is 2. The minimum atomic E-state index is -1.04. The van der Waals surface area contributed by atoms with Crippen molar-refractivity contribution >= 4 is 11.7 Å². The largest absolute Gasteiger partial charge is 0.508 e. The molecule has 7 nitrogen and oxygen atoms in total. The van der Waals surface area contributed by atoms with Gasteiger partial charge in [0.05, 0.1) is 18.1 Å². The number of Topliss-reactive ketones (excluding diaryl/α,β-unsaturated/α-hetero) is 1. The number of aromatic hydroxyl groups is 1. The summed E-state index contributed by atoms with van der Waals surface area (Å²) < 4.78 is 0. The third-order valence-corrected chi connectivity index (χ3v) is 9.25. The minimum Gasteiger partial charge on any atom is -0.508 e. The van der Waals surface area contributed by atoms with Gasteiger partial charge in [0.2, 0.25) is 5.91 Å². The molecule has 2 saturated heterocycles. The number of carbonyl (C=O) groups excluding carboxylic acids is 2. The molecule has 1 aromatic carbocycles. The highest BCUT2D eigenvalue weighted by molar-refractivity contribution is 6.10. The number of benzene rings is 1. The summed E-state index contributed by atoms with van der Waals surface area (Å²) in [5.41, 5.74) is -0.765. The topological polar surface area (TPSA) is 105 Å². The molecule has 1 spiro atoms. The summed E-state index contributed by atoms with van der Waals surface area (Å²) in [4.78, 5) is 29.9. The minimum absolute atomic E-state index is 0.0390. The molecule has 6 rings (SSSR count). The van der Waals surface area contributed by atoms with Gasteiger partial charge in [-0.05, 0) is 80.7 Å². The number of phenolic OH excluding ortho intramolecular Hbond substituents is 1. The first-order valence-corrected chi connectivity index (χ1v) is 11.8. The summed E-state index contributed by atoms with van der Waals surface area (Å²) in [6.45, 7) is 1.72. The van der Waals surface area contributed by atoms with Crippen molar-refractivity contribution in [1.29, 1.82) is 5.26 Å². The highest BCUT2D eigenvalue weighted by Gasteiger charge is 2.70. The zero-order valence-corrected chi connectivity index (χ0v) is 18.2. The molecule has 2 bridgehead atoms. The van der Waals surface area contributed by atoms with Crippen LogP contribution in [0, 0.1) is 17.2 Å². The van der Waals surface area contributed by atoms with Crippen LogP contribution in [0.5, 0.6) is 5.75 Å². The Morgan fingerprint density at radius 2 is 2.00 bits per heavy atom. The number of piperidine rings is 1. The van der Waals surface area contributed by atoms with Gasteiger partial charge in [-0.1, -0.05) is 6.07 Å². The third-order valence-electron chi connectivity index (χ3n) is 9.25. The molecule has 0 radical (unpaired) electrons. The number of aliphatic hydroxyl groups is 1. The number of likely N-dealkylation sites (tertiary alicyclic amines) is 2. The summed E-state index contributed by atoms with van der Waals surface area (Å²) in [7, 11) is 0. The van der Waals surface area contributed by atoms with Crippen molar-refractivity contribution in [2.75, 3.05) is 19.6 Å². The molecule has 168 valence electrons. The van der Waals surface area contributed by atoms with Gasteiger partial charge in [-0.3, -0.25) is 14.5 Å². The molecule has 1 aromatic rings. The molecule has 0 unspecified atom stereocenters. The van der Waals surface area contributed by atoms with Crippen LogP contribution in [0.1, 0.15) is 56.1 Å². The second-order valence-electron chi connectivity index (χ2n) is 10.7. The van der Waals surface area contributed by atoms with Gasteiger partial charge in [0.1, 0.15) is 17.8 Å². The van der Waals surface area contributed by atoms with Crippen LogP contribution in [0.25, 0.3) is 0 Å². The zero-order valence-electron chi connectivity index (χ0n) is 18.2. The lowest BCUT2D eigenvalue weighted by Crippen LogP contribution is -2.76. The maximum Gasteiger partial charge on any atom is 0.231 e. The second-order valence-corrected chi connectivity index (χ2v) is 10.7. The van der Waals surface area contributed by atoms with E-state index >= 15 is 0 Å². The Balaban J connectivity index is 1.50. The van der Waals surface area contributed by atoms with Crippen molar-refractivity contribution in [2.45, 2.75) is 74.0 Å². The monoisotopic (exact) mass is 435 g/mol. The first-order chi connectivity index (χ1) is 15.3. The quantitative estimate of drug-likeness (QED) is 0.553. The van der Waals surface area contributed by atoms with Crippen molar-refractivity contribution in [3.05, 3.63) is 29.3 Å². The maximum absolute atomic E-state index is 13.3. The number of nitriles is 1. The third kappa shape index (κ3) is 2.48. The summed E-state index contributed by atoms with van der Waals surface area (Å²) in [6, 6.07) is 7.45. The average Bonchev–Trinajstić information content (AvgIpc) is 3.54. The lowest BCUT2D eigenvalue weighted by molar-refractivity contribution is -0.190. The van der Waals surface area contributed by atoms with E-state index in [9.17, 15) is 25.1 Å². The zero-order chi connectivity index (χ0) is 22.3. The van der Waals surface area contributed by atoms with E-state index in [-0.39, 0.29) is 36.4 Å². The Morgan fingerprint density at radius 3 is 2.75 bits per heavy atom. The van der Waals surface area contributed by atoms with E-state index in [1.807, 2.05) is 6.07 Å². The van der Waals surface area contributed by atoms with E-state index < -0.39 is 16.6 Å². The van der Waals surface area contributed by atoms with E-state index in [1.165, 1.54) is 17.7 Å². The molecule has 1 amide bonds. The lowest BCUT2D eigenvalue weighted by atomic mass is 9.46. The maximum atomic E-state index is 13.3. The number of fused-ring (bicyclic) bond motifs is 1. The second kappa shape index (κ2) is 6.55. The number of carbonyl (C=O) groups is 2. The van der Waals surface area contributed by atoms with Crippen molar-refractivity contribution < 1.29 is 19.8 Å². The van der Waals surface area contributed by atoms with Crippen molar-refractivity contribution in [3.8, 4) is 11.8 Å². The number of rotatable bonds is 3. The molecule has 7 heteroatoms. The van der Waals surface area contributed by atoms with Gasteiger partial charge in [-0.2, -0.15) is 5.26 Å². The van der Waals surface area contributed by atoms with E-state index in [4.69, 9.17) is 0 Å². The van der Waals surface area contributed by atoms with Gasteiger partial charge in [-0.25, -0.2) is 0 Å². The Kier molecular flexibility index (Phi) is 4.14. The average molecular weight is 436 g/mol. The van der Waals surface area contributed by atoms with Crippen LogP contribution < -0.4 is 0 Å². The molecular formula is C25H29N3O4. The van der Waals surface area contributed by atoms with Crippen LogP contribution in [0.2, 0.25) is 0 Å². The van der Waals surface area contributed by atoms with Crippen molar-refractivity contribution in [2.24, 2.45) is 5.92 Å². The summed E-state index contributed by atoms with van der Waals surface area (Å²) in [5.74, 6) is 0.454. The van der Waals surface area contributed by atoms with Crippen molar-refractivity contribution in [1.82, 2.24) is 9.80 Å². The molecule has 2 N–H and O–H groups in total. The number of nitrogens with zero attached hydrogens (tertiary/aromatic N) is 3. The summed E-state index contributed by atoms with van der Waals surface area (Å²) >= 11 is 0. The molecule has 3 aliphatic carbocycles. The first-order valence-electron chi connectivity index (χ1n) is 11.8. The van der Waals surface area contributed by atoms with Gasteiger partial charge in [0.15, 0.2) is 5.78 Å². The van der Waals surface area contributed by atoms with Gasteiger partial charge in [0, 0.05) is 18.0 Å². The van der Waals surface area contributed by atoms with Crippen LogP contribution in [0.15, 0.2) is 18.2 Å². The van der Waals surface area contributed by atoms with Crippen molar-refractivity contribution in [3.63, 3.8) is 0 Å². The predicted molar refractivity (Wildman–Crippen MR) is 115 cm³/mol. The van der Waals surface area contributed by atoms with Gasteiger partial charge < -0.3 is 15.1 Å². The van der Waals surface area contributed by atoms with E-state index in [0.29, 0.717) is 31.6 Å². The van der Waals surface area contributed by atoms with Crippen LogP contribution in [-0.4, -0.2) is 68.5 Å². The Bertz CT molecular complexity index is 1060. The van der Waals surface area contributed by atoms with Crippen LogP contribution in [0.4, 0.5) is 0 Å². The highest BCUT2D eigenvalue weighted by Crippen LogP contribution is 2.62. The normalized spacial score (nSPS) is 38.5. The van der Waals surface area contributed by atoms with Gasteiger partial charge >= 0.3 is 0 Å². The van der Waals surface area contributed by atoms with Crippen LogP contribution >= 0.6 is 0 Å². The van der Waals surface area contributed by atoms with Gasteiger partial charge in [-0.15, -0.1) is 0 Å². The molecule has 4 atom stereocenters. The van der Waals surface area contributed by atoms with Gasteiger partial charge in [0.25, 0.3) is 0 Å². The molecule has 4 fully saturated rings. The fourth-order valence-corrected chi connectivity index (χ4v) is 7.53. The highest BCUT2D eigenvalue weighted by atomic mass is 16.3. The molecule has 2 saturated carbocycles. The SMILES string of the molecule is N#CCN1C(=O)CC(=O)[C@@]12CC[C@@]1(O)[C@H]3Cc4ccc(O)cc4[C@@]1(CCN3CC1CC1)C2. The molecule has 2 aliphatic heterocycles.